The van der Waals surface area contributed by atoms with Gasteiger partial charge in [0.15, 0.2) is 11.6 Å². The third kappa shape index (κ3) is 2.57. The fourth-order valence-electron chi connectivity index (χ4n) is 3.45. The summed E-state index contributed by atoms with van der Waals surface area (Å²) in [5, 5.41) is 0.261. The minimum atomic E-state index is -4.05. The molecular weight excluding hydrogens is 432 g/mol. The molecule has 1 aliphatic carbocycles. The van der Waals surface area contributed by atoms with Gasteiger partial charge in [-0.25, -0.2) is 8.42 Å². The average Bonchev–Trinajstić information content (AvgIpc) is 3.20. The van der Waals surface area contributed by atoms with Gasteiger partial charge in [-0.1, -0.05) is 41.9 Å². The molecule has 29 heavy (non-hydrogen) atoms. The van der Waals surface area contributed by atoms with Crippen LogP contribution in [0.4, 0.5) is 0 Å². The molecular formula is C20H9ClN2O4S2. The Hall–Kier alpha value is -2.94. The van der Waals surface area contributed by atoms with E-state index in [1.54, 1.807) is 30.3 Å². The van der Waals surface area contributed by atoms with Crippen molar-refractivity contribution in [2.24, 2.45) is 0 Å². The van der Waals surface area contributed by atoms with Gasteiger partial charge in [0.2, 0.25) is 9.84 Å². The summed E-state index contributed by atoms with van der Waals surface area (Å²) in [5.41, 5.74) is 0.774. The van der Waals surface area contributed by atoms with E-state index >= 15 is 0 Å². The van der Waals surface area contributed by atoms with Crippen molar-refractivity contribution >= 4 is 55.8 Å². The zero-order valence-corrected chi connectivity index (χ0v) is 16.8. The van der Waals surface area contributed by atoms with Crippen LogP contribution in [-0.2, 0) is 9.84 Å². The highest BCUT2D eigenvalue weighted by Gasteiger charge is 2.35. The van der Waals surface area contributed by atoms with Crippen LogP contribution in [0.3, 0.4) is 0 Å². The van der Waals surface area contributed by atoms with Crippen molar-refractivity contribution in [1.82, 2.24) is 8.75 Å². The molecule has 0 bridgehead atoms. The molecule has 5 rings (SSSR count). The first-order chi connectivity index (χ1) is 13.9. The maximum Gasteiger partial charge on any atom is 0.208 e. The van der Waals surface area contributed by atoms with E-state index in [1.807, 2.05) is 0 Å². The Labute approximate surface area is 174 Å². The molecule has 0 fully saturated rings. The van der Waals surface area contributed by atoms with Crippen molar-refractivity contribution in [3.8, 4) is 0 Å². The van der Waals surface area contributed by atoms with Gasteiger partial charge in [-0.05, 0) is 24.3 Å². The normalized spacial score (nSPS) is 13.4. The number of hydrogen-bond acceptors (Lipinski definition) is 7. The lowest BCUT2D eigenvalue weighted by Gasteiger charge is -2.18. The third-order valence-electron chi connectivity index (χ3n) is 4.79. The summed E-state index contributed by atoms with van der Waals surface area (Å²) in [4.78, 5) is 25.9. The highest BCUT2D eigenvalue weighted by atomic mass is 35.5. The van der Waals surface area contributed by atoms with E-state index in [0.29, 0.717) is 0 Å². The molecule has 4 aromatic rings. The average molecular weight is 441 g/mol. The van der Waals surface area contributed by atoms with Crippen LogP contribution in [0, 0.1) is 0 Å². The van der Waals surface area contributed by atoms with Crippen molar-refractivity contribution in [3.63, 3.8) is 0 Å². The number of aromatic nitrogens is 2. The van der Waals surface area contributed by atoms with Crippen LogP contribution in [0.5, 0.6) is 0 Å². The van der Waals surface area contributed by atoms with Crippen molar-refractivity contribution in [2.75, 3.05) is 0 Å². The Morgan fingerprint density at radius 1 is 0.793 bits per heavy atom. The topological polar surface area (TPSA) is 94.1 Å². The Kier molecular flexibility index (Phi) is 3.92. The van der Waals surface area contributed by atoms with Crippen LogP contribution in [0.2, 0.25) is 5.02 Å². The molecule has 0 saturated heterocycles. The molecule has 0 saturated carbocycles. The molecule has 0 aliphatic heterocycles. The maximum atomic E-state index is 13.3. The van der Waals surface area contributed by atoms with Gasteiger partial charge in [0.25, 0.3) is 0 Å². The van der Waals surface area contributed by atoms with Gasteiger partial charge in [0, 0.05) is 21.7 Å². The van der Waals surface area contributed by atoms with E-state index in [2.05, 4.69) is 8.75 Å². The number of benzene rings is 3. The number of halogens is 1. The molecule has 6 nitrogen and oxygen atoms in total. The molecule has 0 amide bonds. The summed E-state index contributed by atoms with van der Waals surface area (Å²) in [5.74, 6) is -0.799. The minimum Gasteiger partial charge on any atom is -0.289 e. The number of rotatable bonds is 2. The first kappa shape index (κ1) is 18.1. The molecule has 142 valence electrons. The zero-order chi connectivity index (χ0) is 20.3. The number of nitrogens with zero attached hydrogens (tertiary/aromatic N) is 2. The van der Waals surface area contributed by atoms with Gasteiger partial charge in [0.05, 0.1) is 22.2 Å². The highest BCUT2D eigenvalue weighted by molar-refractivity contribution is 7.91. The highest BCUT2D eigenvalue weighted by Crippen LogP contribution is 2.37. The fraction of sp³-hybridized carbons (Fsp3) is 0. The van der Waals surface area contributed by atoms with Gasteiger partial charge in [-0.15, -0.1) is 0 Å². The van der Waals surface area contributed by atoms with Gasteiger partial charge in [0.1, 0.15) is 15.9 Å². The number of fused-ring (bicyclic) bond motifs is 4. The largest absolute Gasteiger partial charge is 0.289 e. The van der Waals surface area contributed by atoms with Gasteiger partial charge in [-0.2, -0.15) is 8.75 Å². The summed E-state index contributed by atoms with van der Waals surface area (Å²) >= 11 is 6.75. The van der Waals surface area contributed by atoms with Gasteiger partial charge >= 0.3 is 0 Å². The van der Waals surface area contributed by atoms with E-state index in [-0.39, 0.29) is 53.9 Å². The van der Waals surface area contributed by atoms with E-state index in [9.17, 15) is 18.0 Å². The number of sulfone groups is 1. The third-order valence-corrected chi connectivity index (χ3v) is 7.32. The molecule has 1 heterocycles. The first-order valence-electron chi connectivity index (χ1n) is 8.38. The van der Waals surface area contributed by atoms with E-state index in [0.717, 1.165) is 11.7 Å². The predicted octanol–water partition coefficient (Wildman–Crippen LogP) is 3.95. The van der Waals surface area contributed by atoms with Gasteiger partial charge in [-0.3, -0.25) is 9.59 Å². The molecule has 0 atom stereocenters. The Bertz CT molecular complexity index is 1480. The monoisotopic (exact) mass is 440 g/mol. The fourth-order valence-corrected chi connectivity index (χ4v) is 5.79. The van der Waals surface area contributed by atoms with Crippen molar-refractivity contribution in [2.45, 2.75) is 9.79 Å². The summed E-state index contributed by atoms with van der Waals surface area (Å²) < 4.78 is 34.9. The molecule has 9 heteroatoms. The number of carbonyl (C=O) groups excluding carboxylic acids is 2. The summed E-state index contributed by atoms with van der Waals surface area (Å²) in [6.07, 6.45) is 0. The summed E-state index contributed by atoms with van der Waals surface area (Å²) in [7, 11) is -4.05. The van der Waals surface area contributed by atoms with E-state index in [1.165, 1.54) is 24.3 Å². The molecule has 1 aliphatic rings. The molecule has 0 radical (unpaired) electrons. The second kappa shape index (κ2) is 6.28. The number of carbonyl (C=O) groups is 2. The van der Waals surface area contributed by atoms with Crippen LogP contribution in [-0.4, -0.2) is 28.7 Å². The zero-order valence-electron chi connectivity index (χ0n) is 14.4. The van der Waals surface area contributed by atoms with E-state index < -0.39 is 15.6 Å². The Balaban J connectivity index is 1.85. The minimum absolute atomic E-state index is 0.00880. The van der Waals surface area contributed by atoms with Crippen molar-refractivity contribution < 1.29 is 18.0 Å². The lowest BCUT2D eigenvalue weighted by atomic mass is 9.83. The van der Waals surface area contributed by atoms with Crippen LogP contribution in [0.15, 0.2) is 64.4 Å². The van der Waals surface area contributed by atoms with Crippen molar-refractivity contribution in [3.05, 3.63) is 81.9 Å². The molecule has 1 aromatic heterocycles. The molecule has 0 N–H and O–H groups in total. The smallest absolute Gasteiger partial charge is 0.208 e. The summed E-state index contributed by atoms with van der Waals surface area (Å²) in [6.45, 7) is 0. The predicted molar refractivity (Wildman–Crippen MR) is 108 cm³/mol. The lowest BCUT2D eigenvalue weighted by molar-refractivity contribution is 0.0980. The maximum absolute atomic E-state index is 13.3. The molecule has 3 aromatic carbocycles. The van der Waals surface area contributed by atoms with Crippen LogP contribution in [0.25, 0.3) is 11.0 Å². The van der Waals surface area contributed by atoms with Crippen molar-refractivity contribution in [1.29, 1.82) is 0 Å². The standard InChI is InChI=1S/C20H9ClN2O4S2/c21-10-4-3-5-11(8-10)29(26,27)15-9-14-16(18-17(15)22-28-23-18)20(25)13-7-2-1-6-12(13)19(14)24/h1-9H. The summed E-state index contributed by atoms with van der Waals surface area (Å²) in [6, 6.07) is 13.5. The lowest BCUT2D eigenvalue weighted by Crippen LogP contribution is -2.22. The van der Waals surface area contributed by atoms with Crippen LogP contribution < -0.4 is 0 Å². The van der Waals surface area contributed by atoms with Crippen LogP contribution >= 0.6 is 23.3 Å². The van der Waals surface area contributed by atoms with Crippen LogP contribution in [0.1, 0.15) is 31.8 Å². The molecule has 0 unspecified atom stereocenters. The molecule has 0 spiro atoms. The quantitative estimate of drug-likeness (QED) is 0.412. The number of hydrogen-bond donors (Lipinski definition) is 0. The Morgan fingerprint density at radius 3 is 2.21 bits per heavy atom. The first-order valence-corrected chi connectivity index (χ1v) is 11.0. The van der Waals surface area contributed by atoms with E-state index in [4.69, 9.17) is 11.6 Å². The SMILES string of the molecule is O=C1c2ccccc2C(=O)c2c1cc(S(=O)(=O)c1cccc(Cl)c1)c1nsnc21. The number of ketones is 2. The van der Waals surface area contributed by atoms with Gasteiger partial charge < -0.3 is 0 Å². The second-order valence-electron chi connectivity index (χ2n) is 6.42. The Morgan fingerprint density at radius 2 is 1.48 bits per heavy atom. The second-order valence-corrected chi connectivity index (χ2v) is 9.31.